The Morgan fingerprint density at radius 2 is 1.39 bits per heavy atom. The first-order valence-corrected chi connectivity index (χ1v) is 8.63. The summed E-state index contributed by atoms with van der Waals surface area (Å²) >= 11 is -1.48. The monoisotopic (exact) mass is 320 g/mol. The molecule has 0 amide bonds. The molecule has 1 aliphatic heterocycles. The molecule has 0 N–H and O–H groups in total. The van der Waals surface area contributed by atoms with Crippen molar-refractivity contribution in [3.63, 3.8) is 0 Å². The molecule has 0 radical (unpaired) electrons. The first-order chi connectivity index (χ1) is 11.2. The molecule has 0 spiro atoms. The van der Waals surface area contributed by atoms with Gasteiger partial charge in [0.15, 0.2) is 16.7 Å². The zero-order valence-corrected chi connectivity index (χ0v) is 13.5. The van der Waals surface area contributed by atoms with E-state index in [1.807, 2.05) is 79.7 Å². The van der Waals surface area contributed by atoms with Crippen molar-refractivity contribution < 1.29 is 8.39 Å². The highest BCUT2D eigenvalue weighted by atomic mass is 32.2. The Morgan fingerprint density at radius 1 is 0.826 bits per heavy atom. The van der Waals surface area contributed by atoms with Gasteiger partial charge >= 0.3 is 0 Å². The van der Waals surface area contributed by atoms with Crippen molar-refractivity contribution in [2.75, 3.05) is 0 Å². The van der Waals surface area contributed by atoms with Gasteiger partial charge in [0.1, 0.15) is 0 Å². The number of hydrogen-bond donors (Lipinski definition) is 0. The maximum absolute atomic E-state index is 12.6. The summed E-state index contributed by atoms with van der Waals surface area (Å²) in [5.41, 5.74) is 3.25. The molecule has 23 heavy (non-hydrogen) atoms. The Balaban J connectivity index is 2.08. The summed E-state index contributed by atoms with van der Waals surface area (Å²) in [4.78, 5) is 0.753. The van der Waals surface area contributed by atoms with Gasteiger partial charge < -0.3 is 0 Å². The minimum atomic E-state index is -1.48. The maximum atomic E-state index is 12.6. The van der Waals surface area contributed by atoms with E-state index in [0.717, 1.165) is 27.1 Å². The number of aryl methyl sites for hydroxylation is 1. The number of benzene rings is 3. The molecule has 0 saturated carbocycles. The molecule has 3 heteroatoms. The molecule has 0 saturated heterocycles. The summed E-state index contributed by atoms with van der Waals surface area (Å²) in [6.45, 7) is 2.04. The molecule has 0 fully saturated rings. The van der Waals surface area contributed by atoms with E-state index >= 15 is 0 Å². The van der Waals surface area contributed by atoms with Crippen LogP contribution in [0.3, 0.4) is 0 Å². The lowest BCUT2D eigenvalue weighted by molar-refractivity contribution is 0.193. The predicted molar refractivity (Wildman–Crippen MR) is 91.4 cm³/mol. The third-order valence-corrected chi connectivity index (χ3v) is 5.37. The Hall–Kier alpha value is -2.23. The predicted octanol–water partition coefficient (Wildman–Crippen LogP) is 4.34. The van der Waals surface area contributed by atoms with Gasteiger partial charge in [-0.3, -0.25) is 4.18 Å². The highest BCUT2D eigenvalue weighted by Crippen LogP contribution is 2.48. The SMILES string of the molecule is Cc1ccc2c(c1)C(c1ccccc1)(c1ccccc1)OS2=O. The van der Waals surface area contributed by atoms with Gasteiger partial charge in [0.05, 0.1) is 4.90 Å². The van der Waals surface area contributed by atoms with E-state index in [-0.39, 0.29) is 0 Å². The van der Waals surface area contributed by atoms with E-state index in [9.17, 15) is 4.21 Å². The zero-order valence-electron chi connectivity index (χ0n) is 12.7. The molecule has 1 unspecified atom stereocenters. The fraction of sp³-hybridized carbons (Fsp3) is 0.100. The van der Waals surface area contributed by atoms with Gasteiger partial charge in [-0.25, -0.2) is 4.21 Å². The molecular weight excluding hydrogens is 304 g/mol. The average molecular weight is 320 g/mol. The maximum Gasteiger partial charge on any atom is 0.191 e. The van der Waals surface area contributed by atoms with Crippen LogP contribution >= 0.6 is 0 Å². The van der Waals surface area contributed by atoms with Crippen molar-refractivity contribution >= 4 is 11.1 Å². The van der Waals surface area contributed by atoms with Crippen molar-refractivity contribution in [1.82, 2.24) is 0 Å². The van der Waals surface area contributed by atoms with E-state index in [2.05, 4.69) is 6.07 Å². The zero-order chi connectivity index (χ0) is 15.9. The lowest BCUT2D eigenvalue weighted by atomic mass is 9.80. The topological polar surface area (TPSA) is 26.3 Å². The van der Waals surface area contributed by atoms with Crippen LogP contribution in [-0.2, 0) is 20.9 Å². The summed E-state index contributed by atoms with van der Waals surface area (Å²) in [5.74, 6) is 0. The Morgan fingerprint density at radius 3 is 1.96 bits per heavy atom. The molecule has 1 heterocycles. The number of rotatable bonds is 2. The van der Waals surface area contributed by atoms with Crippen molar-refractivity contribution in [1.29, 1.82) is 0 Å². The number of fused-ring (bicyclic) bond motifs is 1. The summed E-state index contributed by atoms with van der Waals surface area (Å²) in [5, 5.41) is 0. The second-order valence-electron chi connectivity index (χ2n) is 5.73. The average Bonchev–Trinajstić information content (AvgIpc) is 2.90. The van der Waals surface area contributed by atoms with E-state index in [1.54, 1.807) is 0 Å². The molecule has 3 aromatic rings. The van der Waals surface area contributed by atoms with Crippen molar-refractivity contribution in [2.45, 2.75) is 17.4 Å². The van der Waals surface area contributed by atoms with Crippen molar-refractivity contribution in [3.05, 3.63) is 101 Å². The van der Waals surface area contributed by atoms with Crippen LogP contribution in [0.25, 0.3) is 0 Å². The molecule has 2 nitrogen and oxygen atoms in total. The highest BCUT2D eigenvalue weighted by molar-refractivity contribution is 7.80. The first kappa shape index (κ1) is 14.4. The molecule has 0 aliphatic carbocycles. The summed E-state index contributed by atoms with van der Waals surface area (Å²) in [7, 11) is 0. The molecule has 4 rings (SSSR count). The smallest absolute Gasteiger partial charge is 0.191 e. The Kier molecular flexibility index (Phi) is 3.40. The molecule has 0 aromatic heterocycles. The van der Waals surface area contributed by atoms with E-state index < -0.39 is 16.7 Å². The Bertz CT molecular complexity index is 833. The van der Waals surface area contributed by atoms with Crippen molar-refractivity contribution in [2.24, 2.45) is 0 Å². The van der Waals surface area contributed by atoms with Crippen LogP contribution in [0.1, 0.15) is 22.3 Å². The van der Waals surface area contributed by atoms with Crippen LogP contribution in [0.15, 0.2) is 83.8 Å². The van der Waals surface area contributed by atoms with E-state index in [0.29, 0.717) is 0 Å². The van der Waals surface area contributed by atoms with Crippen LogP contribution in [0, 0.1) is 6.92 Å². The van der Waals surface area contributed by atoms with Gasteiger partial charge in [0, 0.05) is 5.56 Å². The minimum absolute atomic E-state index is 0.753. The fourth-order valence-electron chi connectivity index (χ4n) is 3.19. The molecule has 0 bridgehead atoms. The van der Waals surface area contributed by atoms with Gasteiger partial charge in [-0.1, -0.05) is 78.4 Å². The largest absolute Gasteiger partial charge is 0.265 e. The van der Waals surface area contributed by atoms with E-state index in [1.165, 1.54) is 0 Å². The lowest BCUT2D eigenvalue weighted by Gasteiger charge is -2.29. The van der Waals surface area contributed by atoms with Crippen LogP contribution < -0.4 is 0 Å². The summed E-state index contributed by atoms with van der Waals surface area (Å²) in [6.07, 6.45) is 0. The quantitative estimate of drug-likeness (QED) is 0.702. The van der Waals surface area contributed by atoms with Gasteiger partial charge in [0.25, 0.3) is 0 Å². The molecule has 114 valence electrons. The second kappa shape index (κ2) is 5.44. The Labute approximate surface area is 138 Å². The van der Waals surface area contributed by atoms with Gasteiger partial charge in [-0.2, -0.15) is 0 Å². The minimum Gasteiger partial charge on any atom is -0.265 e. The van der Waals surface area contributed by atoms with Crippen LogP contribution in [0.2, 0.25) is 0 Å². The second-order valence-corrected chi connectivity index (χ2v) is 6.81. The standard InChI is InChI=1S/C20H16O2S/c1-15-12-13-19-18(14-15)20(22-23(19)21,16-8-4-2-5-9-16)17-10-6-3-7-11-17/h2-14H,1H3. The molecular formula is C20H16O2S. The first-order valence-electron chi connectivity index (χ1n) is 7.55. The van der Waals surface area contributed by atoms with Crippen molar-refractivity contribution in [3.8, 4) is 0 Å². The molecule has 3 aromatic carbocycles. The summed E-state index contributed by atoms with van der Waals surface area (Å²) in [6, 6.07) is 26.0. The van der Waals surface area contributed by atoms with Gasteiger partial charge in [0.2, 0.25) is 0 Å². The van der Waals surface area contributed by atoms with Gasteiger partial charge in [-0.05, 0) is 24.1 Å². The molecule has 1 atom stereocenters. The third kappa shape index (κ3) is 2.16. The van der Waals surface area contributed by atoms with Gasteiger partial charge in [-0.15, -0.1) is 0 Å². The normalized spacial score (nSPS) is 18.6. The fourth-order valence-corrected chi connectivity index (χ4v) is 4.35. The van der Waals surface area contributed by atoms with E-state index in [4.69, 9.17) is 4.18 Å². The highest BCUT2D eigenvalue weighted by Gasteiger charge is 2.47. The molecule has 1 aliphatic rings. The lowest BCUT2D eigenvalue weighted by Crippen LogP contribution is -2.28. The third-order valence-electron chi connectivity index (χ3n) is 4.26. The van der Waals surface area contributed by atoms with Crippen LogP contribution in [0.4, 0.5) is 0 Å². The van der Waals surface area contributed by atoms with Crippen LogP contribution in [0.5, 0.6) is 0 Å². The summed E-state index contributed by atoms with van der Waals surface area (Å²) < 4.78 is 18.7. The van der Waals surface area contributed by atoms with Crippen LogP contribution in [-0.4, -0.2) is 4.21 Å². The number of hydrogen-bond acceptors (Lipinski definition) is 2.